The fraction of sp³-hybridized carbons (Fsp3) is 0.0500. The number of anilines is 2. The molecule has 0 saturated heterocycles. The van der Waals surface area contributed by atoms with Gasteiger partial charge in [0.25, 0.3) is 0 Å². The molecule has 0 amide bonds. The quantitative estimate of drug-likeness (QED) is 0.502. The predicted molar refractivity (Wildman–Crippen MR) is 102 cm³/mol. The zero-order chi connectivity index (χ0) is 17.9. The molecule has 0 saturated carbocycles. The molecule has 4 aromatic rings. The molecule has 5 nitrogen and oxygen atoms in total. The highest BCUT2D eigenvalue weighted by Crippen LogP contribution is 2.29. The van der Waals surface area contributed by atoms with E-state index in [1.807, 2.05) is 67.6 Å². The lowest BCUT2D eigenvalue weighted by molar-refractivity contribution is 0.100. The van der Waals surface area contributed by atoms with Gasteiger partial charge in [0.2, 0.25) is 11.5 Å². The molecule has 0 spiro atoms. The average Bonchev–Trinajstić information content (AvgIpc) is 3.30. The highest BCUT2D eigenvalue weighted by molar-refractivity contribution is 7.17. The van der Waals surface area contributed by atoms with Crippen LogP contribution < -0.4 is 5.32 Å². The molecule has 4 rings (SSSR count). The molecule has 2 heterocycles. The van der Waals surface area contributed by atoms with Crippen LogP contribution in [-0.2, 0) is 0 Å². The normalized spacial score (nSPS) is 10.7. The molecule has 1 N–H and O–H groups in total. The lowest BCUT2D eigenvalue weighted by Crippen LogP contribution is -1.98. The highest BCUT2D eigenvalue weighted by Gasteiger charge is 2.21. The van der Waals surface area contributed by atoms with Crippen molar-refractivity contribution in [3.05, 3.63) is 83.1 Å². The first-order valence-corrected chi connectivity index (χ1v) is 8.89. The van der Waals surface area contributed by atoms with Gasteiger partial charge in [0, 0.05) is 17.3 Å². The number of nitrogens with one attached hydrogen (secondary N) is 1. The van der Waals surface area contributed by atoms with Gasteiger partial charge >= 0.3 is 0 Å². The van der Waals surface area contributed by atoms with Crippen molar-refractivity contribution in [2.75, 3.05) is 5.32 Å². The Morgan fingerprint density at radius 3 is 2.46 bits per heavy atom. The molecule has 0 bridgehead atoms. The van der Waals surface area contributed by atoms with Crippen LogP contribution in [0.15, 0.2) is 71.3 Å². The van der Waals surface area contributed by atoms with Gasteiger partial charge in [0.1, 0.15) is 10.6 Å². The third-order valence-electron chi connectivity index (χ3n) is 3.83. The number of aromatic nitrogens is 2. The van der Waals surface area contributed by atoms with E-state index in [0.29, 0.717) is 21.4 Å². The molecule has 6 heteroatoms. The second kappa shape index (κ2) is 6.93. The van der Waals surface area contributed by atoms with Gasteiger partial charge in [-0.3, -0.25) is 4.79 Å². The van der Waals surface area contributed by atoms with Crippen molar-refractivity contribution >= 4 is 27.9 Å². The number of nitrogens with zero attached hydrogens (tertiary/aromatic N) is 2. The van der Waals surface area contributed by atoms with E-state index in [-0.39, 0.29) is 11.5 Å². The number of benzene rings is 2. The standard InChI is InChI=1S/C20H15N3O2S/c1-13-19(26-20(21-13)22-15-10-6-3-7-11-15)18(24)17-12-16(23-25-17)14-8-4-2-5-9-14/h2-12H,1H3,(H,21,22). The van der Waals surface area contributed by atoms with Crippen LogP contribution in [0, 0.1) is 6.92 Å². The number of aryl methyl sites for hydroxylation is 1. The van der Waals surface area contributed by atoms with Gasteiger partial charge in [-0.15, -0.1) is 0 Å². The van der Waals surface area contributed by atoms with Crippen molar-refractivity contribution in [2.24, 2.45) is 0 Å². The molecule has 2 aromatic heterocycles. The maximum Gasteiger partial charge on any atom is 0.242 e. The Balaban J connectivity index is 1.58. The number of rotatable bonds is 5. The SMILES string of the molecule is Cc1nc(Nc2ccccc2)sc1C(=O)c1cc(-c2ccccc2)no1. The molecule has 26 heavy (non-hydrogen) atoms. The number of para-hydroxylation sites is 1. The smallest absolute Gasteiger partial charge is 0.242 e. The van der Waals surface area contributed by atoms with Crippen LogP contribution in [0.3, 0.4) is 0 Å². The van der Waals surface area contributed by atoms with E-state index < -0.39 is 0 Å². The van der Waals surface area contributed by atoms with Crippen LogP contribution in [-0.4, -0.2) is 15.9 Å². The first kappa shape index (κ1) is 16.2. The van der Waals surface area contributed by atoms with Gasteiger partial charge in [0.15, 0.2) is 5.13 Å². The molecule has 2 aromatic carbocycles. The van der Waals surface area contributed by atoms with E-state index in [2.05, 4.69) is 15.5 Å². The van der Waals surface area contributed by atoms with Crippen LogP contribution >= 0.6 is 11.3 Å². The molecule has 0 fully saturated rings. The molecule has 0 aliphatic carbocycles. The van der Waals surface area contributed by atoms with Crippen LogP contribution in [0.25, 0.3) is 11.3 Å². The maximum absolute atomic E-state index is 12.8. The lowest BCUT2D eigenvalue weighted by Gasteiger charge is -2.00. The molecular formula is C20H15N3O2S. The molecule has 0 unspecified atom stereocenters. The summed E-state index contributed by atoms with van der Waals surface area (Å²) in [6, 6.07) is 21.0. The summed E-state index contributed by atoms with van der Waals surface area (Å²) < 4.78 is 5.28. The third kappa shape index (κ3) is 3.27. The predicted octanol–water partition coefficient (Wildman–Crippen LogP) is 5.08. The second-order valence-electron chi connectivity index (χ2n) is 5.70. The van der Waals surface area contributed by atoms with Gasteiger partial charge < -0.3 is 9.84 Å². The zero-order valence-electron chi connectivity index (χ0n) is 14.0. The largest absolute Gasteiger partial charge is 0.352 e. The summed E-state index contributed by atoms with van der Waals surface area (Å²) >= 11 is 1.30. The Kier molecular flexibility index (Phi) is 4.33. The molecule has 0 aliphatic rings. The Labute approximate surface area is 154 Å². The molecular weight excluding hydrogens is 346 g/mol. The molecule has 128 valence electrons. The van der Waals surface area contributed by atoms with E-state index >= 15 is 0 Å². The van der Waals surface area contributed by atoms with Crippen LogP contribution in [0.1, 0.15) is 21.1 Å². The van der Waals surface area contributed by atoms with Crippen LogP contribution in [0.5, 0.6) is 0 Å². The molecule has 0 aliphatic heterocycles. The summed E-state index contributed by atoms with van der Waals surface area (Å²) in [5.74, 6) is -0.00217. The van der Waals surface area contributed by atoms with Crippen molar-refractivity contribution in [3.8, 4) is 11.3 Å². The number of ketones is 1. The van der Waals surface area contributed by atoms with E-state index in [0.717, 1.165) is 11.3 Å². The lowest BCUT2D eigenvalue weighted by atomic mass is 10.1. The minimum Gasteiger partial charge on any atom is -0.352 e. The van der Waals surface area contributed by atoms with Gasteiger partial charge in [-0.2, -0.15) is 0 Å². The molecule has 0 atom stereocenters. The second-order valence-corrected chi connectivity index (χ2v) is 6.70. The van der Waals surface area contributed by atoms with Crippen molar-refractivity contribution in [3.63, 3.8) is 0 Å². The number of carbonyl (C=O) groups is 1. The third-order valence-corrected chi connectivity index (χ3v) is 4.90. The Bertz CT molecular complexity index is 1040. The van der Waals surface area contributed by atoms with Gasteiger partial charge in [-0.1, -0.05) is 65.0 Å². The fourth-order valence-electron chi connectivity index (χ4n) is 2.54. The van der Waals surface area contributed by atoms with Crippen molar-refractivity contribution in [1.29, 1.82) is 0 Å². The van der Waals surface area contributed by atoms with E-state index in [1.165, 1.54) is 11.3 Å². The van der Waals surface area contributed by atoms with Gasteiger partial charge in [-0.05, 0) is 19.1 Å². The summed E-state index contributed by atoms with van der Waals surface area (Å²) in [4.78, 5) is 17.8. The minimum absolute atomic E-state index is 0.210. The van der Waals surface area contributed by atoms with Crippen LogP contribution in [0.4, 0.5) is 10.8 Å². The summed E-state index contributed by atoms with van der Waals surface area (Å²) in [6.45, 7) is 1.81. The number of thiazole rings is 1. The molecule has 0 radical (unpaired) electrons. The summed E-state index contributed by atoms with van der Waals surface area (Å²) in [5, 5.41) is 7.89. The van der Waals surface area contributed by atoms with Crippen LogP contribution in [0.2, 0.25) is 0 Å². The number of hydrogen-bond acceptors (Lipinski definition) is 6. The van der Waals surface area contributed by atoms with Gasteiger partial charge in [0.05, 0.1) is 5.69 Å². The maximum atomic E-state index is 12.8. The minimum atomic E-state index is -0.212. The fourth-order valence-corrected chi connectivity index (χ4v) is 3.48. The van der Waals surface area contributed by atoms with E-state index in [1.54, 1.807) is 6.07 Å². The monoisotopic (exact) mass is 361 g/mol. The van der Waals surface area contributed by atoms with E-state index in [4.69, 9.17) is 4.52 Å². The Morgan fingerprint density at radius 2 is 1.73 bits per heavy atom. The summed E-state index contributed by atoms with van der Waals surface area (Å²) in [6.07, 6.45) is 0. The number of hydrogen-bond donors (Lipinski definition) is 1. The van der Waals surface area contributed by atoms with Crippen molar-refractivity contribution in [1.82, 2.24) is 10.1 Å². The first-order chi connectivity index (χ1) is 12.7. The summed E-state index contributed by atoms with van der Waals surface area (Å²) in [5.41, 5.74) is 3.13. The number of carbonyl (C=O) groups excluding carboxylic acids is 1. The Hall–Kier alpha value is -3.25. The summed E-state index contributed by atoms with van der Waals surface area (Å²) in [7, 11) is 0. The first-order valence-electron chi connectivity index (χ1n) is 8.07. The van der Waals surface area contributed by atoms with E-state index in [9.17, 15) is 4.79 Å². The topological polar surface area (TPSA) is 68.0 Å². The zero-order valence-corrected chi connectivity index (χ0v) is 14.8. The van der Waals surface area contributed by atoms with Crippen molar-refractivity contribution in [2.45, 2.75) is 6.92 Å². The van der Waals surface area contributed by atoms with Gasteiger partial charge in [-0.25, -0.2) is 4.98 Å². The van der Waals surface area contributed by atoms with Crippen molar-refractivity contribution < 1.29 is 9.32 Å². The average molecular weight is 361 g/mol. The highest BCUT2D eigenvalue weighted by atomic mass is 32.1. The Morgan fingerprint density at radius 1 is 1.04 bits per heavy atom.